The molecule has 0 spiro atoms. The molecule has 4 nitrogen and oxygen atoms in total. The van der Waals surface area contributed by atoms with Gasteiger partial charge in [-0.2, -0.15) is 0 Å². The van der Waals surface area contributed by atoms with Crippen molar-refractivity contribution in [2.45, 2.75) is 32.0 Å². The van der Waals surface area contributed by atoms with Crippen LogP contribution < -0.4 is 10.6 Å². The first kappa shape index (κ1) is 17.6. The molecule has 0 saturated carbocycles. The lowest BCUT2D eigenvalue weighted by molar-refractivity contribution is -0.122. The lowest BCUT2D eigenvalue weighted by Crippen LogP contribution is -2.39. The van der Waals surface area contributed by atoms with Crippen molar-refractivity contribution in [3.05, 3.63) is 30.1 Å². The number of halogens is 2. The normalized spacial score (nSPS) is 12.6. The van der Waals surface area contributed by atoms with Crippen LogP contribution in [0.5, 0.6) is 0 Å². The van der Waals surface area contributed by atoms with E-state index < -0.39 is 5.82 Å². The quantitative estimate of drug-likeness (QED) is 0.794. The molecule has 2 N–H and O–H groups in total. The SMILES string of the molecule is CC(C)(C)C(Br)C(=O)NCCC(=O)Nc1cccc(F)c1. The van der Waals surface area contributed by atoms with Gasteiger partial charge in [-0.1, -0.05) is 42.8 Å². The van der Waals surface area contributed by atoms with Crippen LogP contribution >= 0.6 is 15.9 Å². The van der Waals surface area contributed by atoms with Gasteiger partial charge in [0.2, 0.25) is 11.8 Å². The van der Waals surface area contributed by atoms with Crippen LogP contribution in [0.4, 0.5) is 10.1 Å². The number of hydrogen-bond acceptors (Lipinski definition) is 2. The first-order valence-electron chi connectivity index (χ1n) is 6.67. The number of hydrogen-bond donors (Lipinski definition) is 2. The molecule has 6 heteroatoms. The smallest absolute Gasteiger partial charge is 0.234 e. The second-order valence-electron chi connectivity index (χ2n) is 5.83. The van der Waals surface area contributed by atoms with Gasteiger partial charge in [-0.05, 0) is 23.6 Å². The molecule has 116 valence electrons. The Bertz CT molecular complexity index is 515. The number of amides is 2. The predicted octanol–water partition coefficient (Wildman–Crippen LogP) is 3.08. The van der Waals surface area contributed by atoms with E-state index in [1.54, 1.807) is 6.07 Å². The van der Waals surface area contributed by atoms with Crippen molar-refractivity contribution < 1.29 is 14.0 Å². The summed E-state index contributed by atoms with van der Waals surface area (Å²) in [5.74, 6) is -0.836. The fourth-order valence-electron chi connectivity index (χ4n) is 1.57. The summed E-state index contributed by atoms with van der Waals surface area (Å²) in [5, 5.41) is 5.27. The molecule has 0 bridgehead atoms. The summed E-state index contributed by atoms with van der Waals surface area (Å²) < 4.78 is 13.0. The molecule has 0 aliphatic carbocycles. The van der Waals surface area contributed by atoms with Gasteiger partial charge in [-0.3, -0.25) is 9.59 Å². The fourth-order valence-corrected chi connectivity index (χ4v) is 1.73. The molecule has 0 saturated heterocycles. The molecular formula is C15H20BrFN2O2. The number of nitrogens with one attached hydrogen (secondary N) is 2. The Morgan fingerprint density at radius 3 is 2.57 bits per heavy atom. The summed E-state index contributed by atoms with van der Waals surface area (Å²) in [6.45, 7) is 6.08. The van der Waals surface area contributed by atoms with Gasteiger partial charge in [0.1, 0.15) is 5.82 Å². The minimum absolute atomic E-state index is 0.131. The van der Waals surface area contributed by atoms with Gasteiger partial charge < -0.3 is 10.6 Å². The standard InChI is InChI=1S/C15H20BrFN2O2/c1-15(2,3)13(16)14(21)18-8-7-12(20)19-11-6-4-5-10(17)9-11/h4-6,9,13H,7-8H2,1-3H3,(H,18,21)(H,19,20). The van der Waals surface area contributed by atoms with E-state index in [1.165, 1.54) is 18.2 Å². The number of alkyl halides is 1. The van der Waals surface area contributed by atoms with E-state index in [1.807, 2.05) is 20.8 Å². The highest BCUT2D eigenvalue weighted by Crippen LogP contribution is 2.25. The van der Waals surface area contributed by atoms with Crippen molar-refractivity contribution in [1.82, 2.24) is 5.32 Å². The average molecular weight is 359 g/mol. The maximum Gasteiger partial charge on any atom is 0.234 e. The molecule has 2 amide bonds. The van der Waals surface area contributed by atoms with Gasteiger partial charge in [0.05, 0.1) is 4.83 Å². The van der Waals surface area contributed by atoms with Crippen molar-refractivity contribution in [2.75, 3.05) is 11.9 Å². The van der Waals surface area contributed by atoms with Gasteiger partial charge in [0.25, 0.3) is 0 Å². The Labute approximate surface area is 132 Å². The third-order valence-electron chi connectivity index (χ3n) is 2.75. The van der Waals surface area contributed by atoms with E-state index in [4.69, 9.17) is 0 Å². The Morgan fingerprint density at radius 1 is 1.33 bits per heavy atom. The van der Waals surface area contributed by atoms with E-state index in [-0.39, 0.29) is 35.0 Å². The van der Waals surface area contributed by atoms with E-state index in [0.29, 0.717) is 5.69 Å². The molecule has 0 fully saturated rings. The minimum Gasteiger partial charge on any atom is -0.355 e. The Hall–Kier alpha value is -1.43. The van der Waals surface area contributed by atoms with Crippen molar-refractivity contribution in [1.29, 1.82) is 0 Å². The molecular weight excluding hydrogens is 339 g/mol. The molecule has 1 aromatic carbocycles. The highest BCUT2D eigenvalue weighted by Gasteiger charge is 2.28. The summed E-state index contributed by atoms with van der Waals surface area (Å²) in [6.07, 6.45) is 0.131. The lowest BCUT2D eigenvalue weighted by Gasteiger charge is -2.24. The second kappa shape index (κ2) is 7.54. The highest BCUT2D eigenvalue weighted by molar-refractivity contribution is 9.10. The maximum absolute atomic E-state index is 13.0. The molecule has 1 atom stereocenters. The number of carbonyl (C=O) groups excluding carboxylic acids is 2. The van der Waals surface area contributed by atoms with Crippen molar-refractivity contribution in [2.24, 2.45) is 5.41 Å². The van der Waals surface area contributed by atoms with Gasteiger partial charge >= 0.3 is 0 Å². The zero-order chi connectivity index (χ0) is 16.0. The minimum atomic E-state index is -0.409. The van der Waals surface area contributed by atoms with E-state index in [0.717, 1.165) is 0 Å². The third kappa shape index (κ3) is 6.25. The van der Waals surface area contributed by atoms with Crippen LogP contribution in [0.15, 0.2) is 24.3 Å². The predicted molar refractivity (Wildman–Crippen MR) is 84.8 cm³/mol. The number of rotatable bonds is 5. The summed E-state index contributed by atoms with van der Waals surface area (Å²) in [7, 11) is 0. The van der Waals surface area contributed by atoms with Crippen LogP contribution in [-0.2, 0) is 9.59 Å². The topological polar surface area (TPSA) is 58.2 Å². The summed E-state index contributed by atoms with van der Waals surface area (Å²) in [4.78, 5) is 23.2. The molecule has 0 aromatic heterocycles. The van der Waals surface area contributed by atoms with E-state index >= 15 is 0 Å². The van der Waals surface area contributed by atoms with Crippen LogP contribution in [0, 0.1) is 11.2 Å². The third-order valence-corrected chi connectivity index (χ3v) is 4.54. The molecule has 0 heterocycles. The van der Waals surface area contributed by atoms with Gasteiger partial charge in [0.15, 0.2) is 0 Å². The average Bonchev–Trinajstić information content (AvgIpc) is 2.36. The van der Waals surface area contributed by atoms with E-state index in [2.05, 4.69) is 26.6 Å². The maximum atomic E-state index is 13.0. The zero-order valence-electron chi connectivity index (χ0n) is 12.4. The van der Waals surface area contributed by atoms with Crippen LogP contribution in [0.2, 0.25) is 0 Å². The van der Waals surface area contributed by atoms with Crippen LogP contribution in [0.3, 0.4) is 0 Å². The van der Waals surface area contributed by atoms with Crippen molar-refractivity contribution in [3.63, 3.8) is 0 Å². The largest absolute Gasteiger partial charge is 0.355 e. The number of anilines is 1. The van der Waals surface area contributed by atoms with Gasteiger partial charge in [-0.15, -0.1) is 0 Å². The molecule has 1 aromatic rings. The highest BCUT2D eigenvalue weighted by atomic mass is 79.9. The summed E-state index contributed by atoms with van der Waals surface area (Å²) in [5.41, 5.74) is 0.202. The zero-order valence-corrected chi connectivity index (χ0v) is 14.0. The molecule has 0 radical (unpaired) electrons. The van der Waals surface area contributed by atoms with E-state index in [9.17, 15) is 14.0 Å². The number of benzene rings is 1. The van der Waals surface area contributed by atoms with Crippen molar-refractivity contribution >= 4 is 33.4 Å². The molecule has 21 heavy (non-hydrogen) atoms. The Balaban J connectivity index is 2.36. The van der Waals surface area contributed by atoms with Gasteiger partial charge in [0, 0.05) is 18.7 Å². The van der Waals surface area contributed by atoms with Crippen LogP contribution in [0.25, 0.3) is 0 Å². The Morgan fingerprint density at radius 2 is 2.00 bits per heavy atom. The van der Waals surface area contributed by atoms with Crippen molar-refractivity contribution in [3.8, 4) is 0 Å². The van der Waals surface area contributed by atoms with Gasteiger partial charge in [-0.25, -0.2) is 4.39 Å². The molecule has 1 rings (SSSR count). The van der Waals surface area contributed by atoms with Crippen LogP contribution in [-0.4, -0.2) is 23.2 Å². The molecule has 0 aliphatic rings. The fraction of sp³-hybridized carbons (Fsp3) is 0.467. The van der Waals surface area contributed by atoms with Crippen LogP contribution in [0.1, 0.15) is 27.2 Å². The Kier molecular flexibility index (Phi) is 6.33. The molecule has 0 aliphatic heterocycles. The first-order chi connectivity index (χ1) is 9.70. The monoisotopic (exact) mass is 358 g/mol. The first-order valence-corrected chi connectivity index (χ1v) is 7.59. The number of carbonyl (C=O) groups is 2. The second-order valence-corrected chi connectivity index (χ2v) is 6.74. The summed E-state index contributed by atoms with van der Waals surface area (Å²) in [6, 6.07) is 5.67. The lowest BCUT2D eigenvalue weighted by atomic mass is 9.92. The molecule has 1 unspecified atom stereocenters. The summed E-state index contributed by atoms with van der Waals surface area (Å²) >= 11 is 3.34.